The Kier molecular flexibility index (Phi) is 7.69. The van der Waals surface area contributed by atoms with Crippen molar-refractivity contribution in [3.05, 3.63) is 12.1 Å². The van der Waals surface area contributed by atoms with Crippen molar-refractivity contribution >= 4 is 11.6 Å². The van der Waals surface area contributed by atoms with Gasteiger partial charge in [-0.3, -0.25) is 0 Å². The molecule has 2 aliphatic carbocycles. The summed E-state index contributed by atoms with van der Waals surface area (Å²) in [5, 5.41) is 7.18. The smallest absolute Gasteiger partial charge is 0.203 e. The average Bonchev–Trinajstić information content (AvgIpc) is 2.74. The number of anilines is 1. The predicted molar refractivity (Wildman–Crippen MR) is 114 cm³/mol. The van der Waals surface area contributed by atoms with Crippen molar-refractivity contribution in [3.63, 3.8) is 0 Å². The fourth-order valence-corrected chi connectivity index (χ4v) is 4.23. The third kappa shape index (κ3) is 5.46. The number of benzene rings is 1. The Morgan fingerprint density at radius 3 is 1.93 bits per heavy atom. The number of hydrogen-bond acceptors (Lipinski definition) is 4. The van der Waals surface area contributed by atoms with Gasteiger partial charge in [0.2, 0.25) is 5.75 Å². The van der Waals surface area contributed by atoms with Gasteiger partial charge in [-0.25, -0.2) is 4.99 Å². The summed E-state index contributed by atoms with van der Waals surface area (Å²) >= 11 is 0. The number of ether oxygens (including phenoxy) is 3. The largest absolute Gasteiger partial charge is 0.493 e. The zero-order chi connectivity index (χ0) is 19.8. The number of methoxy groups -OCH3 is 3. The monoisotopic (exact) mass is 389 g/mol. The Hall–Kier alpha value is -2.11. The number of nitrogens with zero attached hydrogens (tertiary/aromatic N) is 1. The van der Waals surface area contributed by atoms with Gasteiger partial charge in [-0.05, 0) is 25.7 Å². The van der Waals surface area contributed by atoms with Gasteiger partial charge < -0.3 is 24.8 Å². The van der Waals surface area contributed by atoms with Crippen molar-refractivity contribution in [1.82, 2.24) is 5.32 Å². The van der Waals surface area contributed by atoms with E-state index in [4.69, 9.17) is 19.2 Å². The molecule has 1 aromatic carbocycles. The molecule has 0 heterocycles. The lowest BCUT2D eigenvalue weighted by Gasteiger charge is -2.27. The van der Waals surface area contributed by atoms with Crippen LogP contribution in [0.4, 0.5) is 5.69 Å². The van der Waals surface area contributed by atoms with Crippen molar-refractivity contribution < 1.29 is 14.2 Å². The summed E-state index contributed by atoms with van der Waals surface area (Å²) in [6.45, 7) is 0. The highest BCUT2D eigenvalue weighted by atomic mass is 16.5. The van der Waals surface area contributed by atoms with Crippen LogP contribution in [0.5, 0.6) is 17.2 Å². The summed E-state index contributed by atoms with van der Waals surface area (Å²) in [5.41, 5.74) is 0.882. The van der Waals surface area contributed by atoms with E-state index in [0.717, 1.165) is 11.6 Å². The first-order valence-electron chi connectivity index (χ1n) is 10.6. The lowest BCUT2D eigenvalue weighted by Crippen LogP contribution is -2.41. The molecule has 6 nitrogen and oxygen atoms in total. The molecule has 3 rings (SSSR count). The van der Waals surface area contributed by atoms with Gasteiger partial charge in [-0.2, -0.15) is 0 Å². The molecular weight excluding hydrogens is 354 g/mol. The minimum atomic E-state index is 0.398. The van der Waals surface area contributed by atoms with Gasteiger partial charge in [0.15, 0.2) is 17.5 Å². The summed E-state index contributed by atoms with van der Waals surface area (Å²) in [4.78, 5) is 5.06. The zero-order valence-corrected chi connectivity index (χ0v) is 17.6. The van der Waals surface area contributed by atoms with E-state index in [0.29, 0.717) is 29.3 Å². The summed E-state index contributed by atoms with van der Waals surface area (Å²) in [6.07, 6.45) is 12.6. The van der Waals surface area contributed by atoms with Crippen molar-refractivity contribution in [2.24, 2.45) is 4.99 Å². The lowest BCUT2D eigenvalue weighted by molar-refractivity contribution is 0.324. The maximum atomic E-state index is 5.50. The molecule has 0 saturated heterocycles. The summed E-state index contributed by atoms with van der Waals surface area (Å²) in [6, 6.07) is 4.75. The standard InChI is InChI=1S/C22H35N3O3/c1-26-19-14-18(15-20(27-2)21(19)28-3)25-22(23-16-10-6-4-7-11-16)24-17-12-8-5-9-13-17/h14-17H,4-13H2,1-3H3,(H2,23,24,25). The van der Waals surface area contributed by atoms with Crippen LogP contribution in [-0.4, -0.2) is 39.4 Å². The number of aliphatic imine (C=N–C) groups is 1. The molecule has 0 atom stereocenters. The molecule has 0 spiro atoms. The first kappa shape index (κ1) is 20.6. The van der Waals surface area contributed by atoms with Crippen LogP contribution >= 0.6 is 0 Å². The quantitative estimate of drug-likeness (QED) is 0.544. The minimum Gasteiger partial charge on any atom is -0.493 e. The number of nitrogens with one attached hydrogen (secondary N) is 2. The van der Waals surface area contributed by atoms with Crippen LogP contribution in [0.1, 0.15) is 64.2 Å². The molecule has 6 heteroatoms. The molecule has 1 aromatic rings. The first-order valence-corrected chi connectivity index (χ1v) is 10.6. The Bertz CT molecular complexity index is 625. The molecule has 0 aliphatic heterocycles. The summed E-state index contributed by atoms with van der Waals surface area (Å²) < 4.78 is 16.4. The maximum absolute atomic E-state index is 5.50. The maximum Gasteiger partial charge on any atom is 0.203 e. The lowest BCUT2D eigenvalue weighted by atomic mass is 9.95. The first-order chi connectivity index (χ1) is 13.7. The van der Waals surface area contributed by atoms with E-state index in [1.807, 2.05) is 12.1 Å². The van der Waals surface area contributed by atoms with Crippen molar-refractivity contribution in [2.75, 3.05) is 26.6 Å². The summed E-state index contributed by atoms with van der Waals surface area (Å²) in [5.74, 6) is 2.74. The number of guanidine groups is 1. The van der Waals surface area contributed by atoms with Crippen LogP contribution in [0.25, 0.3) is 0 Å². The third-order valence-corrected chi connectivity index (χ3v) is 5.76. The molecule has 2 aliphatic rings. The molecular formula is C22H35N3O3. The molecule has 156 valence electrons. The second-order valence-electron chi connectivity index (χ2n) is 7.79. The van der Waals surface area contributed by atoms with Gasteiger partial charge in [-0.15, -0.1) is 0 Å². The zero-order valence-electron chi connectivity index (χ0n) is 17.6. The Morgan fingerprint density at radius 1 is 0.821 bits per heavy atom. The van der Waals surface area contributed by atoms with Crippen molar-refractivity contribution in [1.29, 1.82) is 0 Å². The highest BCUT2D eigenvalue weighted by molar-refractivity contribution is 5.94. The number of rotatable bonds is 6. The van der Waals surface area contributed by atoms with E-state index in [1.165, 1.54) is 64.2 Å². The van der Waals surface area contributed by atoms with Gasteiger partial charge in [0.1, 0.15) is 0 Å². The molecule has 2 saturated carbocycles. The molecule has 28 heavy (non-hydrogen) atoms. The molecule has 2 fully saturated rings. The van der Waals surface area contributed by atoms with Crippen molar-refractivity contribution in [3.8, 4) is 17.2 Å². The normalized spacial score (nSPS) is 19.2. The second-order valence-corrected chi connectivity index (χ2v) is 7.79. The fraction of sp³-hybridized carbons (Fsp3) is 0.682. The van der Waals surface area contributed by atoms with Gasteiger partial charge in [0.05, 0.1) is 27.4 Å². The van der Waals surface area contributed by atoms with Gasteiger partial charge >= 0.3 is 0 Å². The average molecular weight is 390 g/mol. The van der Waals surface area contributed by atoms with E-state index in [2.05, 4.69) is 10.6 Å². The van der Waals surface area contributed by atoms with Crippen LogP contribution in [0, 0.1) is 0 Å². The molecule has 0 aromatic heterocycles. The van der Waals surface area contributed by atoms with Crippen LogP contribution < -0.4 is 24.8 Å². The SMILES string of the molecule is COc1cc(NC(=NC2CCCCC2)NC2CCCCC2)cc(OC)c1OC. The van der Waals surface area contributed by atoms with E-state index in [1.54, 1.807) is 21.3 Å². The van der Waals surface area contributed by atoms with Crippen LogP contribution in [0.3, 0.4) is 0 Å². The van der Waals surface area contributed by atoms with E-state index in [-0.39, 0.29) is 0 Å². The minimum absolute atomic E-state index is 0.398. The van der Waals surface area contributed by atoms with E-state index >= 15 is 0 Å². The van der Waals surface area contributed by atoms with Gasteiger partial charge in [-0.1, -0.05) is 38.5 Å². The Balaban J connectivity index is 1.82. The molecule has 0 bridgehead atoms. The second kappa shape index (κ2) is 10.4. The molecule has 0 radical (unpaired) electrons. The summed E-state index contributed by atoms with van der Waals surface area (Å²) in [7, 11) is 4.89. The predicted octanol–water partition coefficient (Wildman–Crippen LogP) is 4.74. The highest BCUT2D eigenvalue weighted by Gasteiger charge is 2.19. The van der Waals surface area contributed by atoms with Crippen molar-refractivity contribution in [2.45, 2.75) is 76.3 Å². The molecule has 0 amide bonds. The highest BCUT2D eigenvalue weighted by Crippen LogP contribution is 2.40. The number of hydrogen-bond donors (Lipinski definition) is 2. The topological polar surface area (TPSA) is 64.1 Å². The van der Waals surface area contributed by atoms with Gasteiger partial charge in [0, 0.05) is 23.9 Å². The van der Waals surface area contributed by atoms with Crippen LogP contribution in [0.2, 0.25) is 0 Å². The third-order valence-electron chi connectivity index (χ3n) is 5.76. The van der Waals surface area contributed by atoms with E-state index in [9.17, 15) is 0 Å². The fourth-order valence-electron chi connectivity index (χ4n) is 4.23. The van der Waals surface area contributed by atoms with Gasteiger partial charge in [0.25, 0.3) is 0 Å². The molecule has 0 unspecified atom stereocenters. The Labute approximate surface area is 169 Å². The van der Waals surface area contributed by atoms with Crippen LogP contribution in [-0.2, 0) is 0 Å². The molecule has 2 N–H and O–H groups in total. The van der Waals surface area contributed by atoms with Crippen LogP contribution in [0.15, 0.2) is 17.1 Å². The Morgan fingerprint density at radius 2 is 1.39 bits per heavy atom. The van der Waals surface area contributed by atoms with E-state index < -0.39 is 0 Å².